The average molecular weight is 551 g/mol. The van der Waals surface area contributed by atoms with E-state index in [0.717, 1.165) is 44.1 Å². The summed E-state index contributed by atoms with van der Waals surface area (Å²) in [5.74, 6) is 0.416. The Morgan fingerprint density at radius 2 is 1.77 bits per heavy atom. The number of nitrogens with one attached hydrogen (secondary N) is 1. The van der Waals surface area contributed by atoms with Crippen LogP contribution in [0.25, 0.3) is 0 Å². The van der Waals surface area contributed by atoms with Crippen LogP contribution in [0.5, 0.6) is 0 Å². The quantitative estimate of drug-likeness (QED) is 0.313. The highest BCUT2D eigenvalue weighted by Gasteiger charge is 2.58. The first-order valence-electron chi connectivity index (χ1n) is 15.5. The van der Waals surface area contributed by atoms with Gasteiger partial charge >= 0.3 is 0 Å². The highest BCUT2D eigenvalue weighted by Crippen LogP contribution is 2.66. The highest BCUT2D eigenvalue weighted by molar-refractivity contribution is 6.02. The molecule has 0 radical (unpaired) electrons. The summed E-state index contributed by atoms with van der Waals surface area (Å²) in [7, 11) is 1.72. The van der Waals surface area contributed by atoms with Gasteiger partial charge < -0.3 is 5.32 Å². The normalized spacial score (nSPS) is 36.8. The number of rotatable bonds is 8. The van der Waals surface area contributed by atoms with Crippen LogP contribution in [0, 0.1) is 56.2 Å². The largest absolute Gasteiger partial charge is 0.359 e. The van der Waals surface area contributed by atoms with Crippen molar-refractivity contribution in [1.29, 1.82) is 5.26 Å². The molecule has 1 N–H and O–H groups in total. The van der Waals surface area contributed by atoms with E-state index in [1.807, 2.05) is 19.1 Å². The molecule has 1 unspecified atom stereocenters. The topological polar surface area (TPSA) is 87.0 Å². The van der Waals surface area contributed by atoms with Crippen LogP contribution in [0.3, 0.4) is 0 Å². The van der Waals surface area contributed by atoms with Gasteiger partial charge in [0.05, 0.1) is 5.57 Å². The van der Waals surface area contributed by atoms with E-state index < -0.39 is 5.41 Å². The molecular formula is C35H54N2O3. The lowest BCUT2D eigenvalue weighted by Crippen LogP contribution is -2.53. The van der Waals surface area contributed by atoms with Crippen molar-refractivity contribution >= 4 is 17.5 Å². The smallest absolute Gasteiger partial charge is 0.219 e. The number of carbonyl (C=O) groups is 3. The van der Waals surface area contributed by atoms with Gasteiger partial charge in [-0.25, -0.2) is 0 Å². The van der Waals surface area contributed by atoms with Crippen LogP contribution in [0.15, 0.2) is 23.3 Å². The zero-order chi connectivity index (χ0) is 30.3. The maximum absolute atomic E-state index is 13.0. The Morgan fingerprint density at radius 1 is 1.12 bits per heavy atom. The third-order valence-electron chi connectivity index (χ3n) is 12.2. The van der Waals surface area contributed by atoms with Crippen molar-refractivity contribution < 1.29 is 14.4 Å². The molecule has 3 aliphatic carbocycles. The van der Waals surface area contributed by atoms with E-state index in [1.165, 1.54) is 12.8 Å². The van der Waals surface area contributed by atoms with Gasteiger partial charge in [0.25, 0.3) is 0 Å². The first-order chi connectivity index (χ1) is 18.4. The molecular weight excluding hydrogens is 496 g/mol. The fraction of sp³-hybridized carbons (Fsp3) is 0.771. The van der Waals surface area contributed by atoms with Crippen LogP contribution in [-0.2, 0) is 14.4 Å². The minimum absolute atomic E-state index is 0.0144. The molecule has 0 spiro atoms. The summed E-state index contributed by atoms with van der Waals surface area (Å²) in [6.45, 7) is 19.9. The Morgan fingerprint density at radius 3 is 2.33 bits per heavy atom. The Balaban J connectivity index is 2.02. The molecule has 0 aromatic heterocycles. The first kappa shape index (κ1) is 32.3. The molecule has 0 saturated heterocycles. The molecule has 2 saturated carbocycles. The molecule has 40 heavy (non-hydrogen) atoms. The minimum atomic E-state index is -0.520. The van der Waals surface area contributed by atoms with Crippen molar-refractivity contribution in [3.8, 4) is 6.07 Å². The summed E-state index contributed by atoms with van der Waals surface area (Å²) < 4.78 is 0. The molecule has 3 rings (SSSR count). The van der Waals surface area contributed by atoms with Gasteiger partial charge in [-0.2, -0.15) is 5.26 Å². The van der Waals surface area contributed by atoms with Crippen molar-refractivity contribution in [3.63, 3.8) is 0 Å². The Kier molecular flexibility index (Phi) is 9.06. The van der Waals surface area contributed by atoms with Gasteiger partial charge in [0.1, 0.15) is 6.07 Å². The second kappa shape index (κ2) is 11.2. The van der Waals surface area contributed by atoms with Crippen molar-refractivity contribution in [3.05, 3.63) is 23.3 Å². The number of nitriles is 1. The van der Waals surface area contributed by atoms with Crippen LogP contribution in [0.2, 0.25) is 0 Å². The van der Waals surface area contributed by atoms with Gasteiger partial charge in [-0.15, -0.1) is 0 Å². The summed E-state index contributed by atoms with van der Waals surface area (Å²) in [5, 5.41) is 12.6. The van der Waals surface area contributed by atoms with E-state index in [2.05, 4.69) is 59.9 Å². The summed E-state index contributed by atoms with van der Waals surface area (Å²) >= 11 is 0. The van der Waals surface area contributed by atoms with Crippen molar-refractivity contribution in [2.45, 2.75) is 120 Å². The van der Waals surface area contributed by atoms with Gasteiger partial charge in [-0.1, -0.05) is 67.0 Å². The molecule has 6 atom stereocenters. The summed E-state index contributed by atoms with van der Waals surface area (Å²) in [5.41, 5.74) is 0.809. The zero-order valence-electron chi connectivity index (χ0n) is 26.9. The van der Waals surface area contributed by atoms with Crippen LogP contribution >= 0.6 is 0 Å². The van der Waals surface area contributed by atoms with E-state index in [9.17, 15) is 19.6 Å². The van der Waals surface area contributed by atoms with E-state index in [4.69, 9.17) is 0 Å². The fourth-order valence-electron chi connectivity index (χ4n) is 8.91. The van der Waals surface area contributed by atoms with Crippen molar-refractivity contribution in [2.75, 3.05) is 7.05 Å². The molecule has 1 amide bonds. The molecule has 222 valence electrons. The van der Waals surface area contributed by atoms with Gasteiger partial charge in [0.15, 0.2) is 11.6 Å². The standard InChI is InChI=1S/C35H54N2O3/c1-23-20-31(4,5)15-17-35(23,14-12-29(39)37-10)18-16-32(6,7)34(9)13-11-27-25(3)30(40)26(22-36)21-33(27,8)28(34)19-24(2)38/h19,21,23,25,27H,11-18,20H2,1-10H3,(H,37,39)/b28-19-/t23?,25-,27-,33-,34+,35+/m0/s1. The third-order valence-corrected chi connectivity index (χ3v) is 12.2. The van der Waals surface area contributed by atoms with Crippen LogP contribution in [0.4, 0.5) is 0 Å². The average Bonchev–Trinajstić information content (AvgIpc) is 2.87. The van der Waals surface area contributed by atoms with Gasteiger partial charge in [0, 0.05) is 24.8 Å². The lowest BCUT2D eigenvalue weighted by Gasteiger charge is -2.60. The predicted molar refractivity (Wildman–Crippen MR) is 161 cm³/mol. The van der Waals surface area contributed by atoms with Crippen LogP contribution in [-0.4, -0.2) is 24.5 Å². The minimum Gasteiger partial charge on any atom is -0.359 e. The van der Waals surface area contributed by atoms with Crippen LogP contribution < -0.4 is 5.32 Å². The lowest BCUT2D eigenvalue weighted by atomic mass is 9.44. The predicted octanol–water partition coefficient (Wildman–Crippen LogP) is 7.76. The Bertz CT molecular complexity index is 1140. The number of Topliss-reactive ketones (excluding diaryl/α,β-unsaturated/α-hetero) is 1. The number of hydrogen-bond donors (Lipinski definition) is 1. The maximum atomic E-state index is 13.0. The van der Waals surface area contributed by atoms with Gasteiger partial charge in [-0.3, -0.25) is 14.4 Å². The monoisotopic (exact) mass is 550 g/mol. The van der Waals surface area contributed by atoms with Gasteiger partial charge in [-0.05, 0) is 97.9 Å². The number of fused-ring (bicyclic) bond motifs is 1. The maximum Gasteiger partial charge on any atom is 0.219 e. The van der Waals surface area contributed by atoms with Gasteiger partial charge in [0.2, 0.25) is 5.91 Å². The molecule has 0 bridgehead atoms. The number of amides is 1. The lowest BCUT2D eigenvalue weighted by molar-refractivity contribution is -0.123. The molecule has 0 aliphatic heterocycles. The molecule has 0 aromatic carbocycles. The molecule has 3 aliphatic rings. The summed E-state index contributed by atoms with van der Waals surface area (Å²) in [4.78, 5) is 38.0. The Labute approximate surface area is 243 Å². The molecule has 5 nitrogen and oxygen atoms in total. The SMILES string of the molecule is CNC(=O)CC[C@]1(CCC(C)(C)[C@]2(C)CC[C@H]3[C@H](C)C(=O)C(C#N)=C[C@]3(C)/C2=C/C(C)=O)CCC(C)(C)CC1C. The summed E-state index contributed by atoms with van der Waals surface area (Å²) in [6.07, 6.45) is 12.5. The molecule has 2 fully saturated rings. The number of hydrogen-bond acceptors (Lipinski definition) is 4. The zero-order valence-corrected chi connectivity index (χ0v) is 26.9. The third kappa shape index (κ3) is 5.75. The number of ketones is 2. The summed E-state index contributed by atoms with van der Waals surface area (Å²) in [6, 6.07) is 2.16. The van der Waals surface area contributed by atoms with Crippen LogP contribution in [0.1, 0.15) is 120 Å². The van der Waals surface area contributed by atoms with E-state index in [1.54, 1.807) is 14.0 Å². The first-order valence-corrected chi connectivity index (χ1v) is 15.5. The van der Waals surface area contributed by atoms with E-state index in [0.29, 0.717) is 17.8 Å². The molecule has 0 aromatic rings. The molecule has 5 heteroatoms. The van der Waals surface area contributed by atoms with E-state index in [-0.39, 0.29) is 51.1 Å². The van der Waals surface area contributed by atoms with Crippen molar-refractivity contribution in [2.24, 2.45) is 44.8 Å². The number of nitrogens with zero attached hydrogens (tertiary/aromatic N) is 1. The van der Waals surface area contributed by atoms with E-state index >= 15 is 0 Å². The highest BCUT2D eigenvalue weighted by atomic mass is 16.1. The number of carbonyl (C=O) groups excluding carboxylic acids is 3. The second-order valence-electron chi connectivity index (χ2n) is 15.4. The second-order valence-corrected chi connectivity index (χ2v) is 15.4. The Hall–Kier alpha value is -2.22. The van der Waals surface area contributed by atoms with Crippen molar-refractivity contribution in [1.82, 2.24) is 5.32 Å². The molecule has 0 heterocycles. The number of allylic oxidation sites excluding steroid dienone is 4. The fourth-order valence-corrected chi connectivity index (χ4v) is 8.91.